The van der Waals surface area contributed by atoms with E-state index in [0.717, 1.165) is 0 Å². The van der Waals surface area contributed by atoms with Crippen molar-refractivity contribution in [3.63, 3.8) is 0 Å². The van der Waals surface area contributed by atoms with E-state index in [1.807, 2.05) is 6.92 Å². The fraction of sp³-hybridized carbons (Fsp3) is 0.500. The highest BCUT2D eigenvalue weighted by atomic mass is 16.3. The SMILES string of the molecule is C#CCC(O)C(C)n1cncn1. The number of aliphatic hydroxyl groups excluding tert-OH is 1. The van der Waals surface area contributed by atoms with E-state index in [9.17, 15) is 5.11 Å². The molecule has 0 bridgehead atoms. The third-order valence-corrected chi connectivity index (χ3v) is 1.74. The quantitative estimate of drug-likeness (QED) is 0.652. The Labute approximate surface area is 71.2 Å². The Morgan fingerprint density at radius 3 is 3.00 bits per heavy atom. The fourth-order valence-corrected chi connectivity index (χ4v) is 0.895. The van der Waals surface area contributed by atoms with Crippen molar-refractivity contribution in [3.05, 3.63) is 12.7 Å². The second kappa shape index (κ2) is 3.88. The minimum Gasteiger partial charge on any atom is -0.390 e. The Balaban J connectivity index is 2.60. The van der Waals surface area contributed by atoms with Crippen LogP contribution < -0.4 is 0 Å². The average Bonchev–Trinajstić information content (AvgIpc) is 2.55. The summed E-state index contributed by atoms with van der Waals surface area (Å²) in [5.41, 5.74) is 0. The monoisotopic (exact) mass is 165 g/mol. The van der Waals surface area contributed by atoms with E-state index in [-0.39, 0.29) is 6.04 Å². The van der Waals surface area contributed by atoms with Gasteiger partial charge in [-0.15, -0.1) is 12.3 Å². The molecule has 1 aromatic rings. The van der Waals surface area contributed by atoms with E-state index in [1.165, 1.54) is 6.33 Å². The number of rotatable bonds is 3. The molecule has 0 aliphatic heterocycles. The summed E-state index contributed by atoms with van der Waals surface area (Å²) in [7, 11) is 0. The lowest BCUT2D eigenvalue weighted by molar-refractivity contribution is 0.119. The molecule has 1 N–H and O–H groups in total. The van der Waals surface area contributed by atoms with E-state index in [1.54, 1.807) is 11.0 Å². The van der Waals surface area contributed by atoms with Crippen LogP contribution in [0.15, 0.2) is 12.7 Å². The minimum atomic E-state index is -0.559. The Morgan fingerprint density at radius 2 is 2.50 bits per heavy atom. The molecule has 0 radical (unpaired) electrons. The van der Waals surface area contributed by atoms with Gasteiger partial charge in [-0.2, -0.15) is 5.10 Å². The molecule has 2 unspecified atom stereocenters. The second-order valence-corrected chi connectivity index (χ2v) is 2.59. The smallest absolute Gasteiger partial charge is 0.137 e. The van der Waals surface area contributed by atoms with Crippen LogP contribution in [0.2, 0.25) is 0 Å². The highest BCUT2D eigenvalue weighted by Gasteiger charge is 2.14. The van der Waals surface area contributed by atoms with Gasteiger partial charge in [0.1, 0.15) is 12.7 Å². The molecule has 0 spiro atoms. The Hall–Kier alpha value is -1.34. The Kier molecular flexibility index (Phi) is 2.83. The van der Waals surface area contributed by atoms with Crippen LogP contribution in [0.3, 0.4) is 0 Å². The van der Waals surface area contributed by atoms with Crippen molar-refractivity contribution in [1.29, 1.82) is 0 Å². The van der Waals surface area contributed by atoms with E-state index in [4.69, 9.17) is 6.42 Å². The van der Waals surface area contributed by atoms with Gasteiger partial charge in [-0.3, -0.25) is 0 Å². The van der Waals surface area contributed by atoms with Crippen molar-refractivity contribution < 1.29 is 5.11 Å². The van der Waals surface area contributed by atoms with Gasteiger partial charge in [0, 0.05) is 6.42 Å². The van der Waals surface area contributed by atoms with Crippen molar-refractivity contribution >= 4 is 0 Å². The molecule has 1 aromatic heterocycles. The van der Waals surface area contributed by atoms with Crippen LogP contribution in [0.4, 0.5) is 0 Å². The summed E-state index contributed by atoms with van der Waals surface area (Å²) in [6.45, 7) is 1.84. The predicted octanol–water partition coefficient (Wildman–Crippen LogP) is 0.223. The lowest BCUT2D eigenvalue weighted by Crippen LogP contribution is -2.21. The molecule has 12 heavy (non-hydrogen) atoms. The zero-order chi connectivity index (χ0) is 8.97. The van der Waals surface area contributed by atoms with Crippen molar-refractivity contribution in [3.8, 4) is 12.3 Å². The molecule has 0 amide bonds. The first kappa shape index (κ1) is 8.75. The molecular formula is C8H11N3O. The number of aromatic nitrogens is 3. The summed E-state index contributed by atoms with van der Waals surface area (Å²) >= 11 is 0. The van der Waals surface area contributed by atoms with Crippen molar-refractivity contribution in [2.24, 2.45) is 0 Å². The molecule has 64 valence electrons. The third-order valence-electron chi connectivity index (χ3n) is 1.74. The minimum absolute atomic E-state index is 0.122. The van der Waals surface area contributed by atoms with Crippen LogP contribution in [0, 0.1) is 12.3 Å². The summed E-state index contributed by atoms with van der Waals surface area (Å²) in [6.07, 6.45) is 7.83. The highest BCUT2D eigenvalue weighted by Crippen LogP contribution is 2.10. The van der Waals surface area contributed by atoms with Gasteiger partial charge in [0.05, 0.1) is 12.1 Å². The lowest BCUT2D eigenvalue weighted by Gasteiger charge is -2.15. The van der Waals surface area contributed by atoms with Gasteiger partial charge in [0.15, 0.2) is 0 Å². The molecule has 0 saturated carbocycles. The Morgan fingerprint density at radius 1 is 1.75 bits per heavy atom. The molecule has 0 saturated heterocycles. The zero-order valence-corrected chi connectivity index (χ0v) is 6.88. The molecule has 0 aromatic carbocycles. The second-order valence-electron chi connectivity index (χ2n) is 2.59. The maximum Gasteiger partial charge on any atom is 0.137 e. The van der Waals surface area contributed by atoms with E-state index >= 15 is 0 Å². The maximum atomic E-state index is 9.46. The predicted molar refractivity (Wildman–Crippen MR) is 44.2 cm³/mol. The van der Waals surface area contributed by atoms with Crippen molar-refractivity contribution in [2.45, 2.75) is 25.5 Å². The van der Waals surface area contributed by atoms with Gasteiger partial charge in [0.2, 0.25) is 0 Å². The molecule has 4 nitrogen and oxygen atoms in total. The summed E-state index contributed by atoms with van der Waals surface area (Å²) in [6, 6.07) is -0.122. The van der Waals surface area contributed by atoms with E-state index in [2.05, 4.69) is 16.0 Å². The normalized spacial score (nSPS) is 15.1. The van der Waals surface area contributed by atoms with Gasteiger partial charge < -0.3 is 5.11 Å². The van der Waals surface area contributed by atoms with Crippen LogP contribution in [-0.4, -0.2) is 26.0 Å². The fourth-order valence-electron chi connectivity index (χ4n) is 0.895. The number of aliphatic hydroxyl groups is 1. The van der Waals surface area contributed by atoms with Gasteiger partial charge in [-0.05, 0) is 6.92 Å². The molecule has 0 aliphatic carbocycles. The Bertz CT molecular complexity index is 262. The number of terminal acetylenes is 1. The average molecular weight is 165 g/mol. The molecule has 1 heterocycles. The van der Waals surface area contributed by atoms with Gasteiger partial charge in [-0.1, -0.05) is 0 Å². The largest absolute Gasteiger partial charge is 0.390 e. The summed E-state index contributed by atoms with van der Waals surface area (Å²) in [5.74, 6) is 2.40. The maximum absolute atomic E-state index is 9.46. The third kappa shape index (κ3) is 1.83. The van der Waals surface area contributed by atoms with Crippen molar-refractivity contribution in [1.82, 2.24) is 14.8 Å². The molecule has 0 aliphatic rings. The molecular weight excluding hydrogens is 154 g/mol. The molecule has 1 rings (SSSR count). The van der Waals surface area contributed by atoms with E-state index < -0.39 is 6.10 Å². The standard InChI is InChI=1S/C8H11N3O/c1-3-4-8(12)7(2)11-6-9-5-10-11/h1,5-8,12H,4H2,2H3. The highest BCUT2D eigenvalue weighted by molar-refractivity contribution is 4.89. The zero-order valence-electron chi connectivity index (χ0n) is 6.88. The summed E-state index contributed by atoms with van der Waals surface area (Å²) in [4.78, 5) is 3.77. The van der Waals surface area contributed by atoms with Crippen LogP contribution in [0.5, 0.6) is 0 Å². The molecule has 2 atom stereocenters. The van der Waals surface area contributed by atoms with Gasteiger partial charge in [-0.25, -0.2) is 9.67 Å². The number of hydrogen-bond donors (Lipinski definition) is 1. The van der Waals surface area contributed by atoms with Crippen LogP contribution in [0.25, 0.3) is 0 Å². The summed E-state index contributed by atoms with van der Waals surface area (Å²) in [5, 5.41) is 13.4. The van der Waals surface area contributed by atoms with Gasteiger partial charge >= 0.3 is 0 Å². The first-order chi connectivity index (χ1) is 5.75. The first-order valence-electron chi connectivity index (χ1n) is 3.71. The summed E-state index contributed by atoms with van der Waals surface area (Å²) < 4.78 is 1.59. The first-order valence-corrected chi connectivity index (χ1v) is 3.71. The van der Waals surface area contributed by atoms with Crippen LogP contribution in [0.1, 0.15) is 19.4 Å². The lowest BCUT2D eigenvalue weighted by atomic mass is 10.1. The van der Waals surface area contributed by atoms with Crippen LogP contribution >= 0.6 is 0 Å². The van der Waals surface area contributed by atoms with E-state index in [0.29, 0.717) is 6.42 Å². The number of nitrogens with zero attached hydrogens (tertiary/aromatic N) is 3. The molecule has 0 fully saturated rings. The van der Waals surface area contributed by atoms with Crippen LogP contribution in [-0.2, 0) is 0 Å². The molecule has 4 heteroatoms. The van der Waals surface area contributed by atoms with Crippen molar-refractivity contribution in [2.75, 3.05) is 0 Å². The van der Waals surface area contributed by atoms with Gasteiger partial charge in [0.25, 0.3) is 0 Å². The topological polar surface area (TPSA) is 50.9 Å². The number of hydrogen-bond acceptors (Lipinski definition) is 3.